The maximum absolute atomic E-state index is 11.9. The van der Waals surface area contributed by atoms with Gasteiger partial charge in [-0.1, -0.05) is 0 Å². The fourth-order valence-corrected chi connectivity index (χ4v) is 2.04. The van der Waals surface area contributed by atoms with Crippen LogP contribution in [0.15, 0.2) is 24.3 Å². The van der Waals surface area contributed by atoms with Gasteiger partial charge >= 0.3 is 5.97 Å². The maximum Gasteiger partial charge on any atom is 0.341 e. The Balaban J connectivity index is 2.13. The van der Waals surface area contributed by atoms with Crippen molar-refractivity contribution >= 4 is 23.5 Å². The zero-order valence-electron chi connectivity index (χ0n) is 10.9. The molecule has 20 heavy (non-hydrogen) atoms. The Morgan fingerprint density at radius 3 is 2.15 bits per heavy atom. The van der Waals surface area contributed by atoms with Crippen molar-refractivity contribution in [3.05, 3.63) is 24.3 Å². The van der Waals surface area contributed by atoms with E-state index >= 15 is 0 Å². The predicted octanol–water partition coefficient (Wildman–Crippen LogP) is 1.58. The van der Waals surface area contributed by atoms with Gasteiger partial charge in [-0.15, -0.1) is 0 Å². The first-order chi connectivity index (χ1) is 9.58. The number of amides is 2. The lowest BCUT2D eigenvalue weighted by atomic mass is 10.2. The molecule has 0 bridgehead atoms. The number of imide groups is 1. The van der Waals surface area contributed by atoms with Gasteiger partial charge in [0.1, 0.15) is 5.75 Å². The molecule has 1 aromatic carbocycles. The summed E-state index contributed by atoms with van der Waals surface area (Å²) in [6.07, 6.45) is 2.17. The van der Waals surface area contributed by atoms with Crippen molar-refractivity contribution in [1.82, 2.24) is 0 Å². The van der Waals surface area contributed by atoms with Gasteiger partial charge in [-0.05, 0) is 37.1 Å². The number of rotatable bonds is 4. The summed E-state index contributed by atoms with van der Waals surface area (Å²) < 4.78 is 5.00. The first-order valence-electron chi connectivity index (χ1n) is 6.38. The van der Waals surface area contributed by atoms with Gasteiger partial charge < -0.3 is 9.84 Å². The number of carboxylic acids is 1. The predicted molar refractivity (Wildman–Crippen MR) is 70.5 cm³/mol. The molecule has 1 aliphatic rings. The van der Waals surface area contributed by atoms with E-state index in [0.717, 1.165) is 12.8 Å². The molecule has 6 heteroatoms. The van der Waals surface area contributed by atoms with Crippen LogP contribution in [-0.2, 0) is 14.4 Å². The number of carbonyl (C=O) groups excluding carboxylic acids is 2. The zero-order valence-corrected chi connectivity index (χ0v) is 10.9. The second-order valence-electron chi connectivity index (χ2n) is 4.51. The minimum atomic E-state index is -1.06. The largest absolute Gasteiger partial charge is 0.482 e. The molecule has 1 aromatic rings. The number of hydrogen-bond donors (Lipinski definition) is 1. The van der Waals surface area contributed by atoms with Gasteiger partial charge in [-0.3, -0.25) is 14.5 Å². The second kappa shape index (κ2) is 6.18. The molecule has 1 aliphatic heterocycles. The molecule has 0 aromatic heterocycles. The Kier molecular flexibility index (Phi) is 4.34. The molecule has 0 saturated carbocycles. The number of anilines is 1. The van der Waals surface area contributed by atoms with Gasteiger partial charge in [0.25, 0.3) is 0 Å². The fraction of sp³-hybridized carbons (Fsp3) is 0.357. The Morgan fingerprint density at radius 1 is 1.10 bits per heavy atom. The van der Waals surface area contributed by atoms with E-state index in [1.54, 1.807) is 24.3 Å². The SMILES string of the molecule is O=C(O)COc1ccc(N2C(=O)CCCCC2=O)cc1. The van der Waals surface area contributed by atoms with Gasteiger partial charge in [0.2, 0.25) is 11.8 Å². The Bertz CT molecular complexity index is 505. The maximum atomic E-state index is 11.9. The molecule has 0 spiro atoms. The van der Waals surface area contributed by atoms with Crippen molar-refractivity contribution < 1.29 is 24.2 Å². The van der Waals surface area contributed by atoms with Crippen molar-refractivity contribution in [2.45, 2.75) is 25.7 Å². The number of aliphatic carboxylic acids is 1. The number of nitrogens with zero attached hydrogens (tertiary/aromatic N) is 1. The van der Waals surface area contributed by atoms with E-state index in [4.69, 9.17) is 9.84 Å². The van der Waals surface area contributed by atoms with Crippen molar-refractivity contribution in [2.24, 2.45) is 0 Å². The van der Waals surface area contributed by atoms with E-state index in [1.165, 1.54) is 4.90 Å². The summed E-state index contributed by atoms with van der Waals surface area (Å²) >= 11 is 0. The van der Waals surface area contributed by atoms with Crippen LogP contribution in [0.4, 0.5) is 5.69 Å². The molecule has 0 radical (unpaired) electrons. The minimum Gasteiger partial charge on any atom is -0.482 e. The molecule has 1 saturated heterocycles. The zero-order chi connectivity index (χ0) is 14.5. The van der Waals surface area contributed by atoms with Crippen molar-refractivity contribution in [2.75, 3.05) is 11.5 Å². The van der Waals surface area contributed by atoms with Gasteiger partial charge in [0.15, 0.2) is 6.61 Å². The van der Waals surface area contributed by atoms with Gasteiger partial charge in [-0.25, -0.2) is 4.79 Å². The molecule has 106 valence electrons. The smallest absolute Gasteiger partial charge is 0.341 e. The molecule has 0 atom stereocenters. The average Bonchev–Trinajstić information content (AvgIpc) is 2.58. The van der Waals surface area contributed by atoms with E-state index in [0.29, 0.717) is 24.3 Å². The van der Waals surface area contributed by atoms with Crippen LogP contribution in [0.1, 0.15) is 25.7 Å². The quantitative estimate of drug-likeness (QED) is 0.845. The molecular formula is C14H15NO5. The first kappa shape index (κ1) is 14.0. The summed E-state index contributed by atoms with van der Waals surface area (Å²) in [5.74, 6) is -1.09. The molecule has 1 heterocycles. The summed E-state index contributed by atoms with van der Waals surface area (Å²) in [5.41, 5.74) is 0.490. The lowest BCUT2D eigenvalue weighted by molar-refractivity contribution is -0.139. The summed E-state index contributed by atoms with van der Waals surface area (Å²) in [5, 5.41) is 8.51. The van der Waals surface area contributed by atoms with Crippen LogP contribution < -0.4 is 9.64 Å². The van der Waals surface area contributed by atoms with Crippen LogP contribution >= 0.6 is 0 Å². The number of carbonyl (C=O) groups is 3. The Morgan fingerprint density at radius 2 is 1.65 bits per heavy atom. The average molecular weight is 277 g/mol. The highest BCUT2D eigenvalue weighted by Crippen LogP contribution is 2.24. The molecule has 2 amide bonds. The highest BCUT2D eigenvalue weighted by atomic mass is 16.5. The molecule has 1 N–H and O–H groups in total. The Labute approximate surface area is 115 Å². The fourth-order valence-electron chi connectivity index (χ4n) is 2.04. The van der Waals surface area contributed by atoms with E-state index in [9.17, 15) is 14.4 Å². The Hall–Kier alpha value is -2.37. The van der Waals surface area contributed by atoms with E-state index in [-0.39, 0.29) is 11.8 Å². The number of benzene rings is 1. The second-order valence-corrected chi connectivity index (χ2v) is 4.51. The summed E-state index contributed by atoms with van der Waals surface area (Å²) in [4.78, 5) is 35.4. The summed E-state index contributed by atoms with van der Waals surface area (Å²) in [6, 6.07) is 6.25. The number of ether oxygens (including phenoxy) is 1. The monoisotopic (exact) mass is 277 g/mol. The summed E-state index contributed by atoms with van der Waals surface area (Å²) in [7, 11) is 0. The standard InChI is InChI=1S/C14H15NO5/c16-12-3-1-2-4-13(17)15(12)10-5-7-11(8-6-10)20-9-14(18)19/h5-8H,1-4,9H2,(H,18,19). The minimum absolute atomic E-state index is 0.202. The lowest BCUT2D eigenvalue weighted by Crippen LogP contribution is -2.34. The van der Waals surface area contributed by atoms with Crippen molar-refractivity contribution in [3.8, 4) is 5.75 Å². The third-order valence-corrected chi connectivity index (χ3v) is 2.99. The van der Waals surface area contributed by atoms with Gasteiger partial charge in [0, 0.05) is 12.8 Å². The van der Waals surface area contributed by atoms with Crippen LogP contribution in [0.2, 0.25) is 0 Å². The lowest BCUT2D eigenvalue weighted by Gasteiger charge is -2.18. The molecule has 0 aliphatic carbocycles. The van der Waals surface area contributed by atoms with Crippen LogP contribution in [0.3, 0.4) is 0 Å². The van der Waals surface area contributed by atoms with E-state index in [1.807, 2.05) is 0 Å². The number of hydrogen-bond acceptors (Lipinski definition) is 4. The molecule has 6 nitrogen and oxygen atoms in total. The van der Waals surface area contributed by atoms with E-state index in [2.05, 4.69) is 0 Å². The molecule has 1 fully saturated rings. The van der Waals surface area contributed by atoms with Crippen LogP contribution in [-0.4, -0.2) is 29.5 Å². The number of carboxylic acid groups (broad SMARTS) is 1. The topological polar surface area (TPSA) is 83.9 Å². The van der Waals surface area contributed by atoms with Crippen LogP contribution in [0.25, 0.3) is 0 Å². The molecule has 2 rings (SSSR count). The van der Waals surface area contributed by atoms with Crippen LogP contribution in [0.5, 0.6) is 5.75 Å². The summed E-state index contributed by atoms with van der Waals surface area (Å²) in [6.45, 7) is -0.430. The van der Waals surface area contributed by atoms with Gasteiger partial charge in [0.05, 0.1) is 5.69 Å². The first-order valence-corrected chi connectivity index (χ1v) is 6.38. The highest BCUT2D eigenvalue weighted by molar-refractivity contribution is 6.15. The van der Waals surface area contributed by atoms with Crippen molar-refractivity contribution in [3.63, 3.8) is 0 Å². The highest BCUT2D eigenvalue weighted by Gasteiger charge is 2.25. The normalized spacial score (nSPS) is 15.9. The molecular weight excluding hydrogens is 262 g/mol. The van der Waals surface area contributed by atoms with Gasteiger partial charge in [-0.2, -0.15) is 0 Å². The van der Waals surface area contributed by atoms with Crippen molar-refractivity contribution in [1.29, 1.82) is 0 Å². The van der Waals surface area contributed by atoms with Crippen LogP contribution in [0, 0.1) is 0 Å². The third-order valence-electron chi connectivity index (χ3n) is 2.99. The molecule has 0 unspecified atom stereocenters. The van der Waals surface area contributed by atoms with E-state index < -0.39 is 12.6 Å². The third kappa shape index (κ3) is 3.34.